The molecule has 0 bridgehead atoms. The third kappa shape index (κ3) is 3.82. The number of hydrogen-bond acceptors (Lipinski definition) is 3. The second-order valence-corrected chi connectivity index (χ2v) is 6.44. The molecule has 0 saturated heterocycles. The fourth-order valence-electron chi connectivity index (χ4n) is 2.19. The van der Waals surface area contributed by atoms with Crippen LogP contribution in [0.15, 0.2) is 18.2 Å². The van der Waals surface area contributed by atoms with Gasteiger partial charge >= 0.3 is 0 Å². The zero-order chi connectivity index (χ0) is 15.6. The van der Waals surface area contributed by atoms with Gasteiger partial charge in [-0.25, -0.2) is 0 Å². The Hall–Kier alpha value is -0.970. The molecule has 1 aliphatic rings. The van der Waals surface area contributed by atoms with Crippen molar-refractivity contribution in [2.24, 2.45) is 5.92 Å². The molecule has 21 heavy (non-hydrogen) atoms. The Morgan fingerprint density at radius 2 is 2.19 bits per heavy atom. The van der Waals surface area contributed by atoms with E-state index in [0.717, 1.165) is 12.8 Å². The first-order valence-electron chi connectivity index (χ1n) is 6.91. The van der Waals surface area contributed by atoms with Crippen LogP contribution in [0.3, 0.4) is 0 Å². The summed E-state index contributed by atoms with van der Waals surface area (Å²) >= 11 is 11.9. The average Bonchev–Trinajstić information content (AvgIpc) is 3.28. The molecule has 1 aliphatic carbocycles. The minimum absolute atomic E-state index is 0.0892. The molecule has 0 aromatic heterocycles. The van der Waals surface area contributed by atoms with Crippen LogP contribution >= 0.6 is 23.2 Å². The van der Waals surface area contributed by atoms with E-state index in [1.165, 1.54) is 0 Å². The van der Waals surface area contributed by atoms with E-state index in [-0.39, 0.29) is 17.5 Å². The zero-order valence-corrected chi connectivity index (χ0v) is 13.5. The highest BCUT2D eigenvalue weighted by atomic mass is 35.5. The number of aliphatic hydroxyl groups is 1. The smallest absolute Gasteiger partial charge is 0.261 e. The van der Waals surface area contributed by atoms with Gasteiger partial charge in [-0.05, 0) is 44.7 Å². The monoisotopic (exact) mass is 331 g/mol. The van der Waals surface area contributed by atoms with Crippen LogP contribution < -0.4 is 10.1 Å². The molecule has 1 aromatic carbocycles. The van der Waals surface area contributed by atoms with Gasteiger partial charge in [-0.1, -0.05) is 29.3 Å². The van der Waals surface area contributed by atoms with Gasteiger partial charge in [-0.15, -0.1) is 0 Å². The second kappa shape index (κ2) is 6.42. The third-order valence-corrected chi connectivity index (χ3v) is 4.61. The summed E-state index contributed by atoms with van der Waals surface area (Å²) in [6, 6.07) is 5.01. The number of benzene rings is 1. The van der Waals surface area contributed by atoms with Crippen molar-refractivity contribution in [3.05, 3.63) is 28.2 Å². The van der Waals surface area contributed by atoms with Crippen molar-refractivity contribution >= 4 is 29.1 Å². The standard InChI is InChI=1S/C15H19Cl2NO3/c1-9(21-12-5-3-4-11(16)13(12)17)14(20)18-15(2,8-19)10-6-7-10/h3-5,9-10,19H,6-8H2,1-2H3,(H,18,20). The Kier molecular flexibility index (Phi) is 5.02. The Bertz CT molecular complexity index is 534. The number of carbonyl (C=O) groups excluding carboxylic acids is 1. The summed E-state index contributed by atoms with van der Waals surface area (Å²) in [4.78, 5) is 12.2. The summed E-state index contributed by atoms with van der Waals surface area (Å²) in [6.45, 7) is 3.40. The molecule has 116 valence electrons. The van der Waals surface area contributed by atoms with Crippen LogP contribution in [-0.2, 0) is 4.79 Å². The van der Waals surface area contributed by atoms with E-state index in [0.29, 0.717) is 16.7 Å². The molecule has 6 heteroatoms. The first-order valence-corrected chi connectivity index (χ1v) is 7.66. The lowest BCUT2D eigenvalue weighted by atomic mass is 9.96. The van der Waals surface area contributed by atoms with Crippen molar-refractivity contribution in [1.29, 1.82) is 0 Å². The molecule has 1 saturated carbocycles. The van der Waals surface area contributed by atoms with Crippen LogP contribution in [0.25, 0.3) is 0 Å². The Labute approximate surface area is 134 Å². The molecule has 1 fully saturated rings. The third-order valence-electron chi connectivity index (χ3n) is 3.80. The van der Waals surface area contributed by atoms with Gasteiger partial charge in [0.2, 0.25) is 0 Å². The minimum atomic E-state index is -0.731. The lowest BCUT2D eigenvalue weighted by Gasteiger charge is -2.30. The van der Waals surface area contributed by atoms with Crippen molar-refractivity contribution in [2.75, 3.05) is 6.61 Å². The maximum atomic E-state index is 12.2. The van der Waals surface area contributed by atoms with Gasteiger partial charge in [0, 0.05) is 0 Å². The van der Waals surface area contributed by atoms with Gasteiger partial charge in [-0.3, -0.25) is 4.79 Å². The van der Waals surface area contributed by atoms with Crippen LogP contribution in [0.1, 0.15) is 26.7 Å². The molecule has 2 atom stereocenters. The van der Waals surface area contributed by atoms with Crippen molar-refractivity contribution < 1.29 is 14.6 Å². The Morgan fingerprint density at radius 3 is 2.76 bits per heavy atom. The first-order chi connectivity index (χ1) is 9.87. The van der Waals surface area contributed by atoms with Gasteiger partial charge < -0.3 is 15.2 Å². The van der Waals surface area contributed by atoms with E-state index in [4.69, 9.17) is 27.9 Å². The lowest BCUT2D eigenvalue weighted by molar-refractivity contribution is -0.130. The van der Waals surface area contributed by atoms with Gasteiger partial charge in [0.25, 0.3) is 5.91 Å². The molecule has 1 amide bonds. The Balaban J connectivity index is 2.01. The van der Waals surface area contributed by atoms with Crippen molar-refractivity contribution in [1.82, 2.24) is 5.32 Å². The molecule has 0 aliphatic heterocycles. The number of halogens is 2. The second-order valence-electron chi connectivity index (χ2n) is 5.65. The quantitative estimate of drug-likeness (QED) is 0.842. The largest absolute Gasteiger partial charge is 0.479 e. The van der Waals surface area contributed by atoms with E-state index < -0.39 is 11.6 Å². The summed E-state index contributed by atoms with van der Waals surface area (Å²) in [5, 5.41) is 13.0. The van der Waals surface area contributed by atoms with Crippen LogP contribution in [0.2, 0.25) is 10.0 Å². The maximum absolute atomic E-state index is 12.2. The van der Waals surface area contributed by atoms with Gasteiger partial charge in [0.1, 0.15) is 10.8 Å². The van der Waals surface area contributed by atoms with Crippen LogP contribution in [0.5, 0.6) is 5.75 Å². The average molecular weight is 332 g/mol. The topological polar surface area (TPSA) is 58.6 Å². The molecule has 1 aromatic rings. The van der Waals surface area contributed by atoms with Crippen LogP contribution in [0, 0.1) is 5.92 Å². The first kappa shape index (κ1) is 16.4. The summed E-state index contributed by atoms with van der Waals surface area (Å²) < 4.78 is 5.57. The van der Waals surface area contributed by atoms with Crippen molar-refractivity contribution in [3.8, 4) is 5.75 Å². The van der Waals surface area contributed by atoms with Gasteiger partial charge in [0.05, 0.1) is 17.2 Å². The van der Waals surface area contributed by atoms with E-state index in [9.17, 15) is 9.90 Å². The van der Waals surface area contributed by atoms with Gasteiger partial charge in [0.15, 0.2) is 6.10 Å². The molecule has 2 unspecified atom stereocenters. The van der Waals surface area contributed by atoms with Gasteiger partial charge in [-0.2, -0.15) is 0 Å². The minimum Gasteiger partial charge on any atom is -0.479 e. The number of nitrogens with one attached hydrogen (secondary N) is 1. The Morgan fingerprint density at radius 1 is 1.52 bits per heavy atom. The summed E-state index contributed by atoms with van der Waals surface area (Å²) in [5.41, 5.74) is -0.590. The predicted molar refractivity (Wildman–Crippen MR) is 82.9 cm³/mol. The zero-order valence-electron chi connectivity index (χ0n) is 12.0. The fourth-order valence-corrected chi connectivity index (χ4v) is 2.53. The highest BCUT2D eigenvalue weighted by Crippen LogP contribution is 2.39. The number of rotatable bonds is 6. The molecule has 0 radical (unpaired) electrons. The number of carbonyl (C=O) groups is 1. The molecular formula is C15H19Cl2NO3. The number of ether oxygens (including phenoxy) is 1. The van der Waals surface area contributed by atoms with E-state index in [1.54, 1.807) is 25.1 Å². The summed E-state index contributed by atoms with van der Waals surface area (Å²) in [5.74, 6) is 0.409. The maximum Gasteiger partial charge on any atom is 0.261 e. The predicted octanol–water partition coefficient (Wildman–Crippen LogP) is 3.04. The molecule has 0 heterocycles. The molecule has 2 N–H and O–H groups in total. The number of aliphatic hydroxyl groups excluding tert-OH is 1. The van der Waals surface area contributed by atoms with Crippen LogP contribution in [0.4, 0.5) is 0 Å². The van der Waals surface area contributed by atoms with Crippen molar-refractivity contribution in [3.63, 3.8) is 0 Å². The normalized spacial score (nSPS) is 18.7. The highest BCUT2D eigenvalue weighted by molar-refractivity contribution is 6.42. The molecule has 4 nitrogen and oxygen atoms in total. The number of amides is 1. The van der Waals surface area contributed by atoms with E-state index >= 15 is 0 Å². The lowest BCUT2D eigenvalue weighted by Crippen LogP contribution is -2.54. The SMILES string of the molecule is CC(Oc1cccc(Cl)c1Cl)C(=O)NC(C)(CO)C1CC1. The number of hydrogen-bond donors (Lipinski definition) is 2. The molecule has 2 rings (SSSR count). The van der Waals surface area contributed by atoms with Crippen molar-refractivity contribution in [2.45, 2.75) is 38.3 Å². The summed E-state index contributed by atoms with van der Waals surface area (Å²) in [7, 11) is 0. The van der Waals surface area contributed by atoms with E-state index in [2.05, 4.69) is 5.32 Å². The summed E-state index contributed by atoms with van der Waals surface area (Å²) in [6.07, 6.45) is 1.31. The fraction of sp³-hybridized carbons (Fsp3) is 0.533. The van der Waals surface area contributed by atoms with E-state index in [1.807, 2.05) is 6.92 Å². The molecular weight excluding hydrogens is 313 g/mol. The highest BCUT2D eigenvalue weighted by Gasteiger charge is 2.42. The molecule has 0 spiro atoms. The van der Waals surface area contributed by atoms with Crippen LogP contribution in [-0.4, -0.2) is 29.3 Å².